The zero-order chi connectivity index (χ0) is 20.1. The quantitative estimate of drug-likeness (QED) is 0.703. The van der Waals surface area contributed by atoms with Gasteiger partial charge in [0.25, 0.3) is 11.1 Å². The Morgan fingerprint density at radius 2 is 1.89 bits per heavy atom. The lowest BCUT2D eigenvalue weighted by atomic mass is 10.1. The van der Waals surface area contributed by atoms with Crippen molar-refractivity contribution >= 4 is 29.0 Å². The molecule has 0 unspecified atom stereocenters. The van der Waals surface area contributed by atoms with Crippen molar-refractivity contribution in [1.82, 2.24) is 4.90 Å². The van der Waals surface area contributed by atoms with Gasteiger partial charge in [-0.1, -0.05) is 12.1 Å². The van der Waals surface area contributed by atoms with Crippen molar-refractivity contribution in [1.29, 1.82) is 0 Å². The second-order valence-corrected chi connectivity index (χ2v) is 6.76. The lowest BCUT2D eigenvalue weighted by molar-refractivity contribution is -0.123. The van der Waals surface area contributed by atoms with Gasteiger partial charge in [0.05, 0.1) is 18.1 Å². The number of carbonyl (C=O) groups is 2. The molecule has 28 heavy (non-hydrogen) atoms. The number of amides is 2. The van der Waals surface area contributed by atoms with Crippen LogP contribution in [0.2, 0.25) is 0 Å². The van der Waals surface area contributed by atoms with Crippen LogP contribution in [0.3, 0.4) is 0 Å². The normalized spacial score (nSPS) is 15.4. The lowest BCUT2D eigenvalue weighted by Crippen LogP contribution is -2.32. The summed E-state index contributed by atoms with van der Waals surface area (Å²) in [7, 11) is 0. The molecule has 1 aliphatic rings. The van der Waals surface area contributed by atoms with Gasteiger partial charge in [0.15, 0.2) is 11.5 Å². The summed E-state index contributed by atoms with van der Waals surface area (Å²) in [5, 5.41) is 9.83. The second-order valence-electron chi connectivity index (χ2n) is 5.76. The number of rotatable bonds is 7. The third-order valence-corrected chi connectivity index (χ3v) is 4.79. The Bertz CT molecular complexity index is 913. The molecule has 1 aliphatic heterocycles. The third-order valence-electron chi connectivity index (χ3n) is 3.89. The van der Waals surface area contributed by atoms with E-state index in [-0.39, 0.29) is 29.6 Å². The maximum absolute atomic E-state index is 12.9. The van der Waals surface area contributed by atoms with E-state index in [1.807, 2.05) is 0 Å². The number of benzene rings is 2. The number of para-hydroxylation sites is 1. The topological polar surface area (TPSA) is 76.1 Å². The highest BCUT2D eigenvalue weighted by molar-refractivity contribution is 8.18. The van der Waals surface area contributed by atoms with Gasteiger partial charge < -0.3 is 14.6 Å². The summed E-state index contributed by atoms with van der Waals surface area (Å²) < 4.78 is 23.6. The van der Waals surface area contributed by atoms with Gasteiger partial charge in [0.2, 0.25) is 0 Å². The average Bonchev–Trinajstić information content (AvgIpc) is 2.94. The molecular weight excluding hydrogens is 385 g/mol. The van der Waals surface area contributed by atoms with Crippen LogP contribution in [0.1, 0.15) is 12.5 Å². The number of phenolic OH excluding ortho intramolecular Hbond substituents is 1. The number of ether oxygens (including phenoxy) is 2. The van der Waals surface area contributed by atoms with Gasteiger partial charge in [0, 0.05) is 5.56 Å². The maximum atomic E-state index is 12.9. The molecular formula is C20H18FNO5S. The van der Waals surface area contributed by atoms with Crippen molar-refractivity contribution in [2.75, 3.05) is 19.8 Å². The number of carbonyl (C=O) groups excluding carboxylic acids is 2. The highest BCUT2D eigenvalue weighted by atomic mass is 32.2. The number of nitrogens with zero attached hydrogens (tertiary/aromatic N) is 1. The van der Waals surface area contributed by atoms with Crippen molar-refractivity contribution in [2.24, 2.45) is 0 Å². The molecule has 3 rings (SSSR count). The minimum Gasteiger partial charge on any atom is -0.504 e. The maximum Gasteiger partial charge on any atom is 0.293 e. The molecule has 6 nitrogen and oxygen atoms in total. The van der Waals surface area contributed by atoms with Crippen molar-refractivity contribution < 1.29 is 28.6 Å². The Balaban J connectivity index is 1.67. The minimum atomic E-state index is -0.459. The summed E-state index contributed by atoms with van der Waals surface area (Å²) in [6, 6.07) is 10.4. The van der Waals surface area contributed by atoms with E-state index in [0.717, 1.165) is 16.7 Å². The van der Waals surface area contributed by atoms with Gasteiger partial charge in [-0.05, 0) is 55.1 Å². The lowest BCUT2D eigenvalue weighted by Gasteiger charge is -2.13. The Morgan fingerprint density at radius 3 is 2.61 bits per heavy atom. The molecule has 0 spiro atoms. The fourth-order valence-corrected chi connectivity index (χ4v) is 3.40. The Morgan fingerprint density at radius 1 is 1.14 bits per heavy atom. The fourth-order valence-electron chi connectivity index (χ4n) is 2.55. The molecule has 2 aromatic carbocycles. The van der Waals surface area contributed by atoms with Crippen molar-refractivity contribution in [3.05, 3.63) is 58.8 Å². The molecule has 0 radical (unpaired) electrons. The van der Waals surface area contributed by atoms with Crippen molar-refractivity contribution in [3.63, 3.8) is 0 Å². The first-order chi connectivity index (χ1) is 13.5. The first-order valence-corrected chi connectivity index (χ1v) is 9.39. The van der Waals surface area contributed by atoms with Crippen LogP contribution in [-0.2, 0) is 4.79 Å². The largest absolute Gasteiger partial charge is 0.504 e. The van der Waals surface area contributed by atoms with Crippen LogP contribution >= 0.6 is 11.8 Å². The number of phenols is 1. The number of halogens is 1. The van der Waals surface area contributed by atoms with Crippen molar-refractivity contribution in [3.8, 4) is 17.2 Å². The SMILES string of the molecule is CCOc1cccc(C=C2SC(=O)N(CCOc3ccc(F)cc3)C2=O)c1O. The van der Waals surface area contributed by atoms with Crippen LogP contribution in [0.25, 0.3) is 6.08 Å². The molecule has 146 valence electrons. The van der Waals surface area contributed by atoms with Crippen LogP contribution in [0.15, 0.2) is 47.4 Å². The summed E-state index contributed by atoms with van der Waals surface area (Å²) in [6.07, 6.45) is 1.46. The van der Waals surface area contributed by atoms with E-state index < -0.39 is 11.1 Å². The smallest absolute Gasteiger partial charge is 0.293 e. The zero-order valence-corrected chi connectivity index (χ0v) is 15.9. The molecule has 2 aromatic rings. The Kier molecular flexibility index (Phi) is 6.20. The predicted molar refractivity (Wildman–Crippen MR) is 104 cm³/mol. The van der Waals surface area contributed by atoms with E-state index in [2.05, 4.69) is 0 Å². The number of thioether (sulfide) groups is 1. The Labute approximate surface area is 165 Å². The summed E-state index contributed by atoms with van der Waals surface area (Å²) >= 11 is 0.794. The molecule has 0 atom stereocenters. The first-order valence-electron chi connectivity index (χ1n) is 8.58. The summed E-state index contributed by atoms with van der Waals surface area (Å²) in [5.74, 6) is -0.167. The molecule has 1 fully saturated rings. The van der Waals surface area contributed by atoms with Crippen molar-refractivity contribution in [2.45, 2.75) is 6.92 Å². The number of hydrogen-bond donors (Lipinski definition) is 1. The van der Waals surface area contributed by atoms with Crippen LogP contribution in [0, 0.1) is 5.82 Å². The molecule has 0 aromatic heterocycles. The summed E-state index contributed by atoms with van der Waals surface area (Å²) in [6.45, 7) is 2.33. The summed E-state index contributed by atoms with van der Waals surface area (Å²) in [5.41, 5.74) is 0.388. The van der Waals surface area contributed by atoms with Crippen LogP contribution in [0.4, 0.5) is 9.18 Å². The Hall–Kier alpha value is -3.00. The summed E-state index contributed by atoms with van der Waals surface area (Å²) in [4.78, 5) is 26.0. The van der Waals surface area contributed by atoms with Gasteiger partial charge in [-0.2, -0.15) is 0 Å². The van der Waals surface area contributed by atoms with E-state index in [0.29, 0.717) is 23.7 Å². The van der Waals surface area contributed by atoms with E-state index in [1.165, 1.54) is 30.3 Å². The molecule has 0 bridgehead atoms. The molecule has 1 N–H and O–H groups in total. The van der Waals surface area contributed by atoms with E-state index in [4.69, 9.17) is 9.47 Å². The van der Waals surface area contributed by atoms with Crippen LogP contribution in [0.5, 0.6) is 17.2 Å². The standard InChI is InChI=1S/C20H18FNO5S/c1-2-26-16-5-3-4-13(18(16)23)12-17-19(24)22(20(25)28-17)10-11-27-15-8-6-14(21)7-9-15/h3-9,12,23H,2,10-11H2,1H3. The zero-order valence-electron chi connectivity index (χ0n) is 15.1. The average molecular weight is 403 g/mol. The number of imide groups is 1. The number of hydrogen-bond acceptors (Lipinski definition) is 6. The highest BCUT2D eigenvalue weighted by Gasteiger charge is 2.35. The van der Waals surface area contributed by atoms with Gasteiger partial charge in [0.1, 0.15) is 18.2 Å². The van der Waals surface area contributed by atoms with E-state index >= 15 is 0 Å². The predicted octanol–water partition coefficient (Wildman–Crippen LogP) is 4.05. The minimum absolute atomic E-state index is 0.0599. The van der Waals surface area contributed by atoms with Gasteiger partial charge in [-0.3, -0.25) is 14.5 Å². The van der Waals surface area contributed by atoms with Gasteiger partial charge >= 0.3 is 0 Å². The van der Waals surface area contributed by atoms with Gasteiger partial charge in [-0.25, -0.2) is 4.39 Å². The van der Waals surface area contributed by atoms with E-state index in [9.17, 15) is 19.1 Å². The molecule has 1 saturated heterocycles. The second kappa shape index (κ2) is 8.79. The first kappa shape index (κ1) is 19.8. The number of aromatic hydroxyl groups is 1. The molecule has 8 heteroatoms. The molecule has 1 heterocycles. The third kappa shape index (κ3) is 4.45. The molecule has 0 aliphatic carbocycles. The van der Waals surface area contributed by atoms with Gasteiger partial charge in [-0.15, -0.1) is 0 Å². The molecule has 0 saturated carbocycles. The highest BCUT2D eigenvalue weighted by Crippen LogP contribution is 2.36. The fraction of sp³-hybridized carbons (Fsp3) is 0.200. The monoisotopic (exact) mass is 403 g/mol. The van der Waals surface area contributed by atoms with Crippen LogP contribution in [-0.4, -0.2) is 40.9 Å². The molecule has 2 amide bonds. The van der Waals surface area contributed by atoms with Crippen LogP contribution < -0.4 is 9.47 Å². The van der Waals surface area contributed by atoms with E-state index in [1.54, 1.807) is 25.1 Å².